The summed E-state index contributed by atoms with van der Waals surface area (Å²) in [5.74, 6) is 0.531. The SMILES string of the molecule is CCCCOc1ccc(S(C)(=O)=O)cc1C(N)=S. The summed E-state index contributed by atoms with van der Waals surface area (Å²) in [4.78, 5) is 0.320. The first kappa shape index (κ1) is 14.9. The van der Waals surface area contributed by atoms with Gasteiger partial charge in [0.2, 0.25) is 0 Å². The van der Waals surface area contributed by atoms with Crippen LogP contribution < -0.4 is 10.5 Å². The van der Waals surface area contributed by atoms with Crippen molar-refractivity contribution < 1.29 is 13.2 Å². The van der Waals surface area contributed by atoms with E-state index in [4.69, 9.17) is 22.7 Å². The summed E-state index contributed by atoms with van der Waals surface area (Å²) in [5, 5.41) is 0. The Morgan fingerprint density at radius 1 is 1.44 bits per heavy atom. The Kier molecular flexibility index (Phi) is 5.10. The third kappa shape index (κ3) is 3.96. The van der Waals surface area contributed by atoms with Crippen molar-refractivity contribution in [1.29, 1.82) is 0 Å². The number of ether oxygens (including phenoxy) is 1. The standard InChI is InChI=1S/C12H17NO3S2/c1-3-4-7-16-11-6-5-9(18(2,14)15)8-10(11)12(13)17/h5-6,8H,3-4,7H2,1-2H3,(H2,13,17). The smallest absolute Gasteiger partial charge is 0.175 e. The maximum atomic E-state index is 11.5. The Morgan fingerprint density at radius 3 is 2.61 bits per heavy atom. The predicted molar refractivity (Wildman–Crippen MR) is 75.8 cm³/mol. The highest BCUT2D eigenvalue weighted by Crippen LogP contribution is 2.23. The lowest BCUT2D eigenvalue weighted by Crippen LogP contribution is -2.13. The summed E-state index contributed by atoms with van der Waals surface area (Å²) >= 11 is 4.91. The number of benzene rings is 1. The van der Waals surface area contributed by atoms with Gasteiger partial charge in [0, 0.05) is 6.26 Å². The fraction of sp³-hybridized carbons (Fsp3) is 0.417. The van der Waals surface area contributed by atoms with Crippen molar-refractivity contribution in [2.75, 3.05) is 12.9 Å². The third-order valence-electron chi connectivity index (χ3n) is 2.40. The second-order valence-corrected chi connectivity index (χ2v) is 6.45. The normalized spacial score (nSPS) is 11.2. The molecule has 0 saturated heterocycles. The van der Waals surface area contributed by atoms with Crippen LogP contribution in [-0.2, 0) is 9.84 Å². The van der Waals surface area contributed by atoms with Gasteiger partial charge in [-0.3, -0.25) is 0 Å². The van der Waals surface area contributed by atoms with Gasteiger partial charge >= 0.3 is 0 Å². The molecule has 0 aliphatic carbocycles. The zero-order valence-electron chi connectivity index (χ0n) is 10.5. The average molecular weight is 287 g/mol. The molecule has 0 unspecified atom stereocenters. The minimum absolute atomic E-state index is 0.131. The summed E-state index contributed by atoms with van der Waals surface area (Å²) < 4.78 is 28.5. The first-order valence-electron chi connectivity index (χ1n) is 5.63. The zero-order chi connectivity index (χ0) is 13.8. The highest BCUT2D eigenvalue weighted by Gasteiger charge is 2.13. The van der Waals surface area contributed by atoms with Crippen LogP contribution in [0.15, 0.2) is 23.1 Å². The van der Waals surface area contributed by atoms with Gasteiger partial charge < -0.3 is 10.5 Å². The van der Waals surface area contributed by atoms with E-state index >= 15 is 0 Å². The topological polar surface area (TPSA) is 69.4 Å². The molecule has 2 N–H and O–H groups in total. The van der Waals surface area contributed by atoms with E-state index in [1.54, 1.807) is 6.07 Å². The highest BCUT2D eigenvalue weighted by molar-refractivity contribution is 7.90. The Hall–Kier alpha value is -1.14. The lowest BCUT2D eigenvalue weighted by atomic mass is 10.2. The molecule has 0 amide bonds. The van der Waals surface area contributed by atoms with Gasteiger partial charge in [-0.25, -0.2) is 8.42 Å². The molecule has 6 heteroatoms. The van der Waals surface area contributed by atoms with Gasteiger partial charge in [0.1, 0.15) is 10.7 Å². The largest absolute Gasteiger partial charge is 0.493 e. The van der Waals surface area contributed by atoms with Gasteiger partial charge in [0.15, 0.2) is 9.84 Å². The number of hydrogen-bond acceptors (Lipinski definition) is 4. The lowest BCUT2D eigenvalue weighted by molar-refractivity contribution is 0.308. The molecule has 0 saturated carbocycles. The molecular weight excluding hydrogens is 270 g/mol. The number of unbranched alkanes of at least 4 members (excludes halogenated alkanes) is 1. The van der Waals surface area contributed by atoms with Crippen LogP contribution in [0.5, 0.6) is 5.75 Å². The van der Waals surface area contributed by atoms with E-state index in [0.717, 1.165) is 19.1 Å². The fourth-order valence-electron chi connectivity index (χ4n) is 1.38. The molecule has 1 rings (SSSR count). The quantitative estimate of drug-likeness (QED) is 0.639. The maximum Gasteiger partial charge on any atom is 0.175 e. The Balaban J connectivity index is 3.09. The minimum Gasteiger partial charge on any atom is -0.493 e. The Labute approximate surface area is 113 Å². The molecule has 100 valence electrons. The van der Waals surface area contributed by atoms with E-state index in [-0.39, 0.29) is 9.88 Å². The Morgan fingerprint density at radius 2 is 2.11 bits per heavy atom. The van der Waals surface area contributed by atoms with Gasteiger partial charge in [-0.05, 0) is 24.6 Å². The van der Waals surface area contributed by atoms with Crippen molar-refractivity contribution in [3.05, 3.63) is 23.8 Å². The first-order chi connectivity index (χ1) is 8.36. The number of hydrogen-bond donors (Lipinski definition) is 1. The summed E-state index contributed by atoms with van der Waals surface area (Å²) in [6.07, 6.45) is 3.08. The van der Waals surface area contributed by atoms with Crippen LogP contribution >= 0.6 is 12.2 Å². The molecule has 0 atom stereocenters. The molecular formula is C12H17NO3S2. The molecule has 1 aromatic carbocycles. The number of thiocarbonyl (C=S) groups is 1. The van der Waals surface area contributed by atoms with Crippen LogP contribution in [-0.4, -0.2) is 26.3 Å². The number of rotatable bonds is 6. The Bertz CT molecular complexity index is 538. The predicted octanol–water partition coefficient (Wildman–Crippen LogP) is 1.90. The lowest BCUT2D eigenvalue weighted by Gasteiger charge is -2.11. The molecule has 4 nitrogen and oxygen atoms in total. The van der Waals surface area contributed by atoms with Crippen molar-refractivity contribution in [3.63, 3.8) is 0 Å². The van der Waals surface area contributed by atoms with Crippen molar-refractivity contribution >= 4 is 27.0 Å². The monoisotopic (exact) mass is 287 g/mol. The average Bonchev–Trinajstić information content (AvgIpc) is 2.28. The van der Waals surface area contributed by atoms with Crippen LogP contribution in [0.4, 0.5) is 0 Å². The summed E-state index contributed by atoms with van der Waals surface area (Å²) in [6.45, 7) is 2.62. The van der Waals surface area contributed by atoms with Gasteiger partial charge in [-0.2, -0.15) is 0 Å². The number of sulfone groups is 1. The molecule has 1 aromatic rings. The van der Waals surface area contributed by atoms with Crippen molar-refractivity contribution in [3.8, 4) is 5.75 Å². The van der Waals surface area contributed by atoms with Crippen molar-refractivity contribution in [1.82, 2.24) is 0 Å². The first-order valence-corrected chi connectivity index (χ1v) is 7.93. The fourth-order valence-corrected chi connectivity index (χ4v) is 2.19. The van der Waals surface area contributed by atoms with Gasteiger partial charge in [-0.15, -0.1) is 0 Å². The summed E-state index contributed by atoms with van der Waals surface area (Å²) in [5.41, 5.74) is 6.05. The third-order valence-corrected chi connectivity index (χ3v) is 3.73. The molecule has 0 fully saturated rings. The molecule has 0 bridgehead atoms. The number of nitrogens with two attached hydrogens (primary N) is 1. The van der Waals surface area contributed by atoms with Crippen LogP contribution in [0.3, 0.4) is 0 Å². The van der Waals surface area contributed by atoms with Crippen molar-refractivity contribution in [2.24, 2.45) is 5.73 Å². The van der Waals surface area contributed by atoms with E-state index in [1.807, 2.05) is 0 Å². The minimum atomic E-state index is -3.27. The van der Waals surface area contributed by atoms with Crippen LogP contribution in [0.1, 0.15) is 25.3 Å². The van der Waals surface area contributed by atoms with Crippen LogP contribution in [0.2, 0.25) is 0 Å². The van der Waals surface area contributed by atoms with E-state index in [9.17, 15) is 8.42 Å². The van der Waals surface area contributed by atoms with Crippen LogP contribution in [0, 0.1) is 0 Å². The van der Waals surface area contributed by atoms with Crippen LogP contribution in [0.25, 0.3) is 0 Å². The van der Waals surface area contributed by atoms with E-state index in [2.05, 4.69) is 6.92 Å². The molecule has 0 radical (unpaired) electrons. The summed E-state index contributed by atoms with van der Waals surface area (Å²) in [6, 6.07) is 4.55. The van der Waals surface area contributed by atoms with E-state index in [1.165, 1.54) is 12.1 Å². The molecule has 18 heavy (non-hydrogen) atoms. The van der Waals surface area contributed by atoms with Gasteiger partial charge in [-0.1, -0.05) is 25.6 Å². The zero-order valence-corrected chi connectivity index (χ0v) is 12.1. The van der Waals surface area contributed by atoms with Gasteiger partial charge in [0.25, 0.3) is 0 Å². The second-order valence-electron chi connectivity index (χ2n) is 4.00. The summed E-state index contributed by atoms with van der Waals surface area (Å²) in [7, 11) is -3.27. The maximum absolute atomic E-state index is 11.5. The molecule has 0 aliphatic rings. The van der Waals surface area contributed by atoms with E-state index in [0.29, 0.717) is 17.9 Å². The van der Waals surface area contributed by atoms with Gasteiger partial charge in [0.05, 0.1) is 17.1 Å². The van der Waals surface area contributed by atoms with E-state index < -0.39 is 9.84 Å². The molecule has 0 aliphatic heterocycles. The van der Waals surface area contributed by atoms with Crippen molar-refractivity contribution in [2.45, 2.75) is 24.7 Å². The molecule has 0 aromatic heterocycles. The second kappa shape index (κ2) is 6.15. The highest BCUT2D eigenvalue weighted by atomic mass is 32.2. The molecule has 0 heterocycles. The molecule has 0 spiro atoms.